The first-order valence-electron chi connectivity index (χ1n) is 4.22. The maximum Gasteiger partial charge on any atom is 0.311 e. The average Bonchev–Trinajstić information content (AvgIpc) is 2.21. The van der Waals surface area contributed by atoms with Gasteiger partial charge in [-0.25, -0.2) is 0 Å². The standard InChI is InChI=1S/C8H13N3O3/c1-2-11(5-6-12)8(14)7(13)10-4-3-9/h12H,2,4-6H2,1H3,(H,10,13). The number of amides is 2. The molecule has 0 heterocycles. The number of likely N-dealkylation sites (N-methyl/N-ethyl adjacent to an activating group) is 1. The van der Waals surface area contributed by atoms with Gasteiger partial charge in [-0.15, -0.1) is 0 Å². The van der Waals surface area contributed by atoms with E-state index in [4.69, 9.17) is 10.4 Å². The molecular formula is C8H13N3O3. The molecule has 78 valence electrons. The van der Waals surface area contributed by atoms with Crippen molar-refractivity contribution in [1.82, 2.24) is 10.2 Å². The monoisotopic (exact) mass is 199 g/mol. The molecule has 0 saturated carbocycles. The minimum Gasteiger partial charge on any atom is -0.395 e. The number of nitriles is 1. The lowest BCUT2D eigenvalue weighted by molar-refractivity contribution is -0.145. The number of nitrogens with zero attached hydrogens (tertiary/aromatic N) is 2. The number of nitrogens with one attached hydrogen (secondary N) is 1. The van der Waals surface area contributed by atoms with Crippen LogP contribution in [0, 0.1) is 11.3 Å². The van der Waals surface area contributed by atoms with E-state index < -0.39 is 11.8 Å². The Balaban J connectivity index is 4.14. The SMILES string of the molecule is CCN(CCO)C(=O)C(=O)NCC#N. The fraction of sp³-hybridized carbons (Fsp3) is 0.625. The van der Waals surface area contributed by atoms with Crippen molar-refractivity contribution >= 4 is 11.8 Å². The van der Waals surface area contributed by atoms with Crippen molar-refractivity contribution in [2.45, 2.75) is 6.92 Å². The quantitative estimate of drug-likeness (QED) is 0.424. The highest BCUT2D eigenvalue weighted by Gasteiger charge is 2.19. The largest absolute Gasteiger partial charge is 0.395 e. The second kappa shape index (κ2) is 6.86. The molecule has 0 bridgehead atoms. The molecule has 0 atom stereocenters. The Labute approximate surface area is 82.1 Å². The van der Waals surface area contributed by atoms with E-state index in [1.54, 1.807) is 13.0 Å². The summed E-state index contributed by atoms with van der Waals surface area (Å²) < 4.78 is 0. The number of aliphatic hydroxyl groups excluding tert-OH is 1. The van der Waals surface area contributed by atoms with E-state index in [0.29, 0.717) is 6.54 Å². The molecule has 0 unspecified atom stereocenters. The van der Waals surface area contributed by atoms with E-state index in [0.717, 1.165) is 0 Å². The Hall–Kier alpha value is -1.61. The van der Waals surface area contributed by atoms with Crippen LogP contribution in [0.4, 0.5) is 0 Å². The predicted octanol–water partition coefficient (Wildman–Crippen LogP) is -1.53. The molecule has 0 fully saturated rings. The zero-order chi connectivity index (χ0) is 11.0. The third kappa shape index (κ3) is 3.87. The van der Waals surface area contributed by atoms with Gasteiger partial charge in [-0.2, -0.15) is 5.26 Å². The number of aliphatic hydroxyl groups is 1. The van der Waals surface area contributed by atoms with Gasteiger partial charge in [-0.3, -0.25) is 9.59 Å². The van der Waals surface area contributed by atoms with Crippen molar-refractivity contribution in [3.8, 4) is 6.07 Å². The summed E-state index contributed by atoms with van der Waals surface area (Å²) in [5.74, 6) is -1.54. The number of hydrogen-bond donors (Lipinski definition) is 2. The van der Waals surface area contributed by atoms with Crippen molar-refractivity contribution in [3.05, 3.63) is 0 Å². The zero-order valence-corrected chi connectivity index (χ0v) is 7.99. The Morgan fingerprint density at radius 1 is 1.57 bits per heavy atom. The lowest BCUT2D eigenvalue weighted by Crippen LogP contribution is -2.44. The lowest BCUT2D eigenvalue weighted by atomic mass is 10.4. The third-order valence-electron chi connectivity index (χ3n) is 1.56. The summed E-state index contributed by atoms with van der Waals surface area (Å²) >= 11 is 0. The summed E-state index contributed by atoms with van der Waals surface area (Å²) in [5.41, 5.74) is 0. The van der Waals surface area contributed by atoms with Gasteiger partial charge >= 0.3 is 11.8 Å². The van der Waals surface area contributed by atoms with Crippen LogP contribution in [0.1, 0.15) is 6.92 Å². The average molecular weight is 199 g/mol. The molecule has 0 rings (SSSR count). The van der Waals surface area contributed by atoms with Crippen LogP contribution in [0.15, 0.2) is 0 Å². The van der Waals surface area contributed by atoms with Crippen LogP contribution in [0.2, 0.25) is 0 Å². The van der Waals surface area contributed by atoms with E-state index in [9.17, 15) is 9.59 Å². The van der Waals surface area contributed by atoms with Gasteiger partial charge in [0.15, 0.2) is 0 Å². The molecule has 0 aromatic heterocycles. The minimum absolute atomic E-state index is 0.120. The van der Waals surface area contributed by atoms with E-state index in [-0.39, 0.29) is 19.7 Å². The predicted molar refractivity (Wildman–Crippen MR) is 48.0 cm³/mol. The van der Waals surface area contributed by atoms with Crippen LogP contribution >= 0.6 is 0 Å². The third-order valence-corrected chi connectivity index (χ3v) is 1.56. The molecule has 0 aliphatic rings. The van der Waals surface area contributed by atoms with Crippen LogP contribution in [0.25, 0.3) is 0 Å². The van der Waals surface area contributed by atoms with Crippen molar-refractivity contribution in [3.63, 3.8) is 0 Å². The van der Waals surface area contributed by atoms with E-state index in [2.05, 4.69) is 5.32 Å². The Morgan fingerprint density at radius 3 is 2.64 bits per heavy atom. The van der Waals surface area contributed by atoms with E-state index in [1.165, 1.54) is 4.90 Å². The number of rotatable bonds is 4. The molecule has 2 amide bonds. The first kappa shape index (κ1) is 12.4. The maximum absolute atomic E-state index is 11.3. The zero-order valence-electron chi connectivity index (χ0n) is 7.99. The Bertz CT molecular complexity index is 247. The van der Waals surface area contributed by atoms with Gasteiger partial charge in [0.1, 0.15) is 6.54 Å². The molecule has 14 heavy (non-hydrogen) atoms. The molecule has 0 saturated heterocycles. The smallest absolute Gasteiger partial charge is 0.311 e. The minimum atomic E-state index is -0.818. The normalized spacial score (nSPS) is 8.93. The van der Waals surface area contributed by atoms with Crippen molar-refractivity contribution in [2.75, 3.05) is 26.2 Å². The van der Waals surface area contributed by atoms with Crippen LogP contribution in [0.3, 0.4) is 0 Å². The molecule has 0 aromatic rings. The number of hydrogen-bond acceptors (Lipinski definition) is 4. The van der Waals surface area contributed by atoms with Crippen molar-refractivity contribution in [2.24, 2.45) is 0 Å². The van der Waals surface area contributed by atoms with Crippen molar-refractivity contribution in [1.29, 1.82) is 5.26 Å². The topological polar surface area (TPSA) is 93.4 Å². The molecule has 2 N–H and O–H groups in total. The number of carbonyl (C=O) groups is 2. The number of carbonyl (C=O) groups excluding carboxylic acids is 2. The summed E-state index contributed by atoms with van der Waals surface area (Å²) in [5, 5.41) is 18.9. The Morgan fingerprint density at radius 2 is 2.21 bits per heavy atom. The fourth-order valence-electron chi connectivity index (χ4n) is 0.863. The van der Waals surface area contributed by atoms with E-state index >= 15 is 0 Å². The first-order valence-corrected chi connectivity index (χ1v) is 4.22. The Kier molecular flexibility index (Phi) is 6.07. The molecule has 6 heteroatoms. The van der Waals surface area contributed by atoms with Crippen LogP contribution in [0.5, 0.6) is 0 Å². The van der Waals surface area contributed by atoms with Gasteiger partial charge in [0.25, 0.3) is 0 Å². The lowest BCUT2D eigenvalue weighted by Gasteiger charge is -2.18. The second-order valence-electron chi connectivity index (χ2n) is 2.45. The van der Waals surface area contributed by atoms with Crippen LogP contribution in [-0.2, 0) is 9.59 Å². The highest BCUT2D eigenvalue weighted by Crippen LogP contribution is 1.88. The molecular weight excluding hydrogens is 186 g/mol. The van der Waals surface area contributed by atoms with Gasteiger partial charge in [0, 0.05) is 13.1 Å². The van der Waals surface area contributed by atoms with Gasteiger partial charge in [0.2, 0.25) is 0 Å². The fourth-order valence-corrected chi connectivity index (χ4v) is 0.863. The maximum atomic E-state index is 11.3. The summed E-state index contributed by atoms with van der Waals surface area (Å²) in [7, 11) is 0. The highest BCUT2D eigenvalue weighted by molar-refractivity contribution is 6.35. The highest BCUT2D eigenvalue weighted by atomic mass is 16.3. The molecule has 0 radical (unpaired) electrons. The molecule has 0 aliphatic heterocycles. The van der Waals surface area contributed by atoms with Crippen LogP contribution < -0.4 is 5.32 Å². The van der Waals surface area contributed by atoms with Gasteiger partial charge in [-0.1, -0.05) is 0 Å². The summed E-state index contributed by atoms with van der Waals surface area (Å²) in [6.07, 6.45) is 0. The van der Waals surface area contributed by atoms with E-state index in [1.807, 2.05) is 0 Å². The molecule has 6 nitrogen and oxygen atoms in total. The first-order chi connectivity index (χ1) is 6.67. The summed E-state index contributed by atoms with van der Waals surface area (Å²) in [6.45, 7) is 1.78. The summed E-state index contributed by atoms with van der Waals surface area (Å²) in [6, 6.07) is 1.69. The van der Waals surface area contributed by atoms with Gasteiger partial charge < -0.3 is 15.3 Å². The molecule has 0 spiro atoms. The second-order valence-corrected chi connectivity index (χ2v) is 2.45. The van der Waals surface area contributed by atoms with Crippen LogP contribution in [-0.4, -0.2) is 48.1 Å². The molecule has 0 aromatic carbocycles. The van der Waals surface area contributed by atoms with Gasteiger partial charge in [-0.05, 0) is 6.92 Å². The summed E-state index contributed by atoms with van der Waals surface area (Å²) in [4.78, 5) is 23.5. The molecule has 0 aliphatic carbocycles. The van der Waals surface area contributed by atoms with Crippen molar-refractivity contribution < 1.29 is 14.7 Å². The van der Waals surface area contributed by atoms with Gasteiger partial charge in [0.05, 0.1) is 12.7 Å².